The highest BCUT2D eigenvalue weighted by molar-refractivity contribution is 5.84. The molecule has 1 aliphatic heterocycles. The molecule has 1 fully saturated rings. The Morgan fingerprint density at radius 2 is 2.05 bits per heavy atom. The van der Waals surface area contributed by atoms with Crippen molar-refractivity contribution in [3.05, 3.63) is 35.4 Å². The number of halogens is 5. The van der Waals surface area contributed by atoms with Crippen molar-refractivity contribution in [2.45, 2.75) is 19.1 Å². The van der Waals surface area contributed by atoms with E-state index in [0.717, 1.165) is 18.2 Å². The second-order valence-electron chi connectivity index (χ2n) is 4.93. The van der Waals surface area contributed by atoms with Crippen molar-refractivity contribution in [1.82, 2.24) is 10.6 Å². The van der Waals surface area contributed by atoms with Gasteiger partial charge in [0, 0.05) is 18.7 Å². The molecule has 21 heavy (non-hydrogen) atoms. The van der Waals surface area contributed by atoms with Crippen molar-refractivity contribution in [3.63, 3.8) is 0 Å². The van der Waals surface area contributed by atoms with Gasteiger partial charge in [-0.15, -0.1) is 0 Å². The van der Waals surface area contributed by atoms with E-state index >= 15 is 0 Å². The van der Waals surface area contributed by atoms with Gasteiger partial charge in [0.2, 0.25) is 5.91 Å². The molecule has 2 rings (SSSR count). The van der Waals surface area contributed by atoms with Crippen LogP contribution in [-0.4, -0.2) is 25.2 Å². The summed E-state index contributed by atoms with van der Waals surface area (Å²) in [5, 5.41) is 4.56. The topological polar surface area (TPSA) is 41.1 Å². The lowest BCUT2D eigenvalue weighted by Gasteiger charge is -2.29. The largest absolute Gasteiger partial charge is 0.404 e. The Labute approximate surface area is 117 Å². The zero-order valence-electron chi connectivity index (χ0n) is 10.9. The summed E-state index contributed by atoms with van der Waals surface area (Å²) < 4.78 is 65.6. The molecule has 1 unspecified atom stereocenters. The van der Waals surface area contributed by atoms with Gasteiger partial charge in [-0.25, -0.2) is 8.78 Å². The number of rotatable bonds is 3. The summed E-state index contributed by atoms with van der Waals surface area (Å²) >= 11 is 0. The molecule has 0 spiro atoms. The lowest BCUT2D eigenvalue weighted by atomic mass is 9.85. The third kappa shape index (κ3) is 2.99. The quantitative estimate of drug-likeness (QED) is 0.840. The Morgan fingerprint density at radius 3 is 2.62 bits per heavy atom. The van der Waals surface area contributed by atoms with Crippen LogP contribution in [0, 0.1) is 17.0 Å². The van der Waals surface area contributed by atoms with Crippen LogP contribution in [0.3, 0.4) is 0 Å². The zero-order valence-corrected chi connectivity index (χ0v) is 10.9. The normalized spacial score (nSPS) is 22.3. The van der Waals surface area contributed by atoms with E-state index in [0.29, 0.717) is 0 Å². The van der Waals surface area contributed by atoms with Crippen LogP contribution in [0.4, 0.5) is 22.0 Å². The maximum absolute atomic E-state index is 13.4. The van der Waals surface area contributed by atoms with E-state index in [1.807, 2.05) is 0 Å². The van der Waals surface area contributed by atoms with E-state index in [2.05, 4.69) is 10.6 Å². The Kier molecular flexibility index (Phi) is 4.18. The maximum Gasteiger partial charge on any atom is 0.404 e. The number of hydrogen-bond donors (Lipinski definition) is 2. The molecule has 0 aliphatic carbocycles. The van der Waals surface area contributed by atoms with Crippen LogP contribution in [0.2, 0.25) is 0 Å². The van der Waals surface area contributed by atoms with Gasteiger partial charge in [0.05, 0.1) is 0 Å². The molecule has 0 radical (unpaired) electrons. The van der Waals surface area contributed by atoms with Crippen LogP contribution >= 0.6 is 0 Å². The first-order valence-electron chi connectivity index (χ1n) is 6.26. The Bertz CT molecular complexity index is 538. The first kappa shape index (κ1) is 15.7. The molecule has 8 heteroatoms. The molecule has 1 aliphatic rings. The van der Waals surface area contributed by atoms with Crippen molar-refractivity contribution in [2.75, 3.05) is 13.1 Å². The Hall–Kier alpha value is -1.70. The fourth-order valence-electron chi connectivity index (χ4n) is 2.28. The van der Waals surface area contributed by atoms with Crippen LogP contribution in [0.15, 0.2) is 18.2 Å². The molecular weight excluding hydrogens is 295 g/mol. The van der Waals surface area contributed by atoms with Crippen LogP contribution in [0.1, 0.15) is 12.0 Å². The standard InChI is InChI=1S/C13H13F5N2O/c14-9-1-2-10(15)8(5-9)6-20-11(21)12(13(16,17)18)3-4-19-7-12/h1-2,5,19H,3-4,6-7H2,(H,20,21). The predicted octanol–water partition coefficient (Wildman–Crippen LogP) is 2.12. The number of nitrogens with one attached hydrogen (secondary N) is 2. The summed E-state index contributed by atoms with van der Waals surface area (Å²) in [6.07, 6.45) is -5.09. The first-order chi connectivity index (χ1) is 9.76. The summed E-state index contributed by atoms with van der Waals surface area (Å²) in [5.41, 5.74) is -2.72. The zero-order chi connectivity index (χ0) is 15.7. The number of benzene rings is 1. The monoisotopic (exact) mass is 308 g/mol. The maximum atomic E-state index is 13.4. The van der Waals surface area contributed by atoms with Crippen molar-refractivity contribution < 1.29 is 26.7 Å². The average molecular weight is 308 g/mol. The van der Waals surface area contributed by atoms with E-state index in [9.17, 15) is 26.7 Å². The summed E-state index contributed by atoms with van der Waals surface area (Å²) in [6, 6.07) is 2.58. The molecule has 1 heterocycles. The number of hydrogen-bond acceptors (Lipinski definition) is 2. The minimum atomic E-state index is -4.71. The molecule has 1 saturated heterocycles. The first-order valence-corrected chi connectivity index (χ1v) is 6.26. The van der Waals surface area contributed by atoms with Crippen LogP contribution in [0.5, 0.6) is 0 Å². The Morgan fingerprint density at radius 1 is 1.33 bits per heavy atom. The fraction of sp³-hybridized carbons (Fsp3) is 0.462. The smallest absolute Gasteiger partial charge is 0.351 e. The molecule has 2 N–H and O–H groups in total. The molecule has 1 aromatic carbocycles. The third-order valence-electron chi connectivity index (χ3n) is 3.58. The summed E-state index contributed by atoms with van der Waals surface area (Å²) in [6.45, 7) is -0.949. The van der Waals surface area contributed by atoms with Gasteiger partial charge in [-0.05, 0) is 31.2 Å². The predicted molar refractivity (Wildman–Crippen MR) is 64.2 cm³/mol. The molecule has 0 saturated carbocycles. The van der Waals surface area contributed by atoms with Gasteiger partial charge >= 0.3 is 6.18 Å². The van der Waals surface area contributed by atoms with Gasteiger partial charge < -0.3 is 10.6 Å². The third-order valence-corrected chi connectivity index (χ3v) is 3.58. The second-order valence-corrected chi connectivity index (χ2v) is 4.93. The number of alkyl halides is 3. The van der Waals surface area contributed by atoms with Gasteiger partial charge in [0.25, 0.3) is 0 Å². The SMILES string of the molecule is O=C(NCc1cc(F)ccc1F)C1(C(F)(F)F)CCNC1. The van der Waals surface area contributed by atoms with E-state index in [1.165, 1.54) is 0 Å². The molecule has 1 amide bonds. The molecule has 0 aromatic heterocycles. The number of carbonyl (C=O) groups is 1. The highest BCUT2D eigenvalue weighted by Gasteiger charge is 2.61. The minimum Gasteiger partial charge on any atom is -0.351 e. The minimum absolute atomic E-state index is 0.0707. The van der Waals surface area contributed by atoms with Crippen molar-refractivity contribution >= 4 is 5.91 Å². The van der Waals surface area contributed by atoms with E-state index in [4.69, 9.17) is 0 Å². The van der Waals surface area contributed by atoms with Crippen molar-refractivity contribution in [2.24, 2.45) is 5.41 Å². The van der Waals surface area contributed by atoms with Crippen molar-refractivity contribution in [3.8, 4) is 0 Å². The molecule has 1 aromatic rings. The highest BCUT2D eigenvalue weighted by atomic mass is 19.4. The van der Waals surface area contributed by atoms with Crippen LogP contribution < -0.4 is 10.6 Å². The van der Waals surface area contributed by atoms with E-state index in [1.54, 1.807) is 0 Å². The average Bonchev–Trinajstić information content (AvgIpc) is 2.89. The number of amides is 1. The molecule has 116 valence electrons. The lowest BCUT2D eigenvalue weighted by molar-refractivity contribution is -0.216. The Balaban J connectivity index is 2.12. The van der Waals surface area contributed by atoms with Gasteiger partial charge in [-0.3, -0.25) is 4.79 Å². The molecule has 1 atom stereocenters. The van der Waals surface area contributed by atoms with Crippen molar-refractivity contribution in [1.29, 1.82) is 0 Å². The summed E-state index contributed by atoms with van der Waals surface area (Å²) in [7, 11) is 0. The van der Waals surface area contributed by atoms with E-state index < -0.39 is 42.2 Å². The molecule has 0 bridgehead atoms. The second kappa shape index (κ2) is 5.59. The highest BCUT2D eigenvalue weighted by Crippen LogP contribution is 2.43. The van der Waals surface area contributed by atoms with Gasteiger partial charge in [-0.2, -0.15) is 13.2 Å². The number of carbonyl (C=O) groups excluding carboxylic acids is 1. The molecular formula is C13H13F5N2O. The van der Waals surface area contributed by atoms with E-state index in [-0.39, 0.29) is 18.5 Å². The summed E-state index contributed by atoms with van der Waals surface area (Å²) in [4.78, 5) is 11.9. The fourth-order valence-corrected chi connectivity index (χ4v) is 2.28. The van der Waals surface area contributed by atoms with Gasteiger partial charge in [0.1, 0.15) is 11.6 Å². The van der Waals surface area contributed by atoms with Gasteiger partial charge in [0.15, 0.2) is 5.41 Å². The summed E-state index contributed by atoms with van der Waals surface area (Å²) in [5.74, 6) is -2.75. The van der Waals surface area contributed by atoms with Crippen LogP contribution in [0.25, 0.3) is 0 Å². The lowest BCUT2D eigenvalue weighted by Crippen LogP contribution is -2.52. The molecule has 3 nitrogen and oxygen atoms in total. The van der Waals surface area contributed by atoms with Gasteiger partial charge in [-0.1, -0.05) is 0 Å². The van der Waals surface area contributed by atoms with Crippen LogP contribution in [-0.2, 0) is 11.3 Å².